The van der Waals surface area contributed by atoms with Gasteiger partial charge in [0.2, 0.25) is 5.91 Å². The molecule has 0 bridgehead atoms. The van der Waals surface area contributed by atoms with Crippen molar-refractivity contribution in [2.24, 2.45) is 0 Å². The Labute approximate surface area is 111 Å². The van der Waals surface area contributed by atoms with E-state index in [1.54, 1.807) is 0 Å². The van der Waals surface area contributed by atoms with E-state index in [2.05, 4.69) is 43.1 Å². The third kappa shape index (κ3) is 2.16. The van der Waals surface area contributed by atoms with Gasteiger partial charge in [0.25, 0.3) is 0 Å². The number of carbonyl (C=O) groups is 1. The van der Waals surface area contributed by atoms with E-state index in [9.17, 15) is 4.79 Å². The second-order valence-corrected chi connectivity index (χ2v) is 5.99. The lowest BCUT2D eigenvalue weighted by Crippen LogP contribution is -2.59. The summed E-state index contributed by atoms with van der Waals surface area (Å²) in [5.41, 5.74) is 0.230. The fourth-order valence-electron chi connectivity index (χ4n) is 3.21. The molecule has 0 spiro atoms. The van der Waals surface area contributed by atoms with Gasteiger partial charge in [-0.05, 0) is 46.2 Å². The van der Waals surface area contributed by atoms with Crippen molar-refractivity contribution in [1.82, 2.24) is 15.1 Å². The average molecular weight is 253 g/mol. The van der Waals surface area contributed by atoms with Gasteiger partial charge >= 0.3 is 0 Å². The summed E-state index contributed by atoms with van der Waals surface area (Å²) in [5, 5.41) is 3.46. The van der Waals surface area contributed by atoms with E-state index in [1.165, 1.54) is 19.3 Å². The molecule has 2 rings (SSSR count). The van der Waals surface area contributed by atoms with Gasteiger partial charge in [0.05, 0.1) is 12.2 Å². The van der Waals surface area contributed by atoms with Gasteiger partial charge in [0.15, 0.2) is 0 Å². The fraction of sp³-hybridized carbons (Fsp3) is 0.929. The molecular formula is C14H27N3O. The van der Waals surface area contributed by atoms with E-state index in [-0.39, 0.29) is 17.7 Å². The summed E-state index contributed by atoms with van der Waals surface area (Å²) < 4.78 is 0. The Morgan fingerprint density at radius 3 is 2.39 bits per heavy atom. The highest BCUT2D eigenvalue weighted by Crippen LogP contribution is 2.38. The summed E-state index contributed by atoms with van der Waals surface area (Å²) in [7, 11) is 4.29. The van der Waals surface area contributed by atoms with E-state index in [1.807, 2.05) is 0 Å². The Morgan fingerprint density at radius 2 is 2.00 bits per heavy atom. The molecule has 2 atom stereocenters. The third-order valence-corrected chi connectivity index (χ3v) is 4.84. The minimum atomic E-state index is 0.0363. The number of hydrogen-bond donors (Lipinski definition) is 1. The van der Waals surface area contributed by atoms with Crippen LogP contribution in [0.15, 0.2) is 0 Å². The van der Waals surface area contributed by atoms with Crippen LogP contribution in [0, 0.1) is 0 Å². The third-order valence-electron chi connectivity index (χ3n) is 4.84. The molecule has 4 nitrogen and oxygen atoms in total. The normalized spacial score (nSPS) is 30.9. The predicted octanol–water partition coefficient (Wildman–Crippen LogP) is 1.42. The average Bonchev–Trinajstić information content (AvgIpc) is 2.59. The second kappa shape index (κ2) is 5.17. The molecule has 1 saturated heterocycles. The molecule has 0 radical (unpaired) electrons. The number of carbonyl (C=O) groups excluding carboxylic acids is 1. The fourth-order valence-corrected chi connectivity index (χ4v) is 3.21. The number of nitrogens with zero attached hydrogens (tertiary/aromatic N) is 2. The first kappa shape index (κ1) is 13.8. The molecular weight excluding hydrogens is 226 g/mol. The highest BCUT2D eigenvalue weighted by atomic mass is 16.2. The zero-order valence-corrected chi connectivity index (χ0v) is 12.2. The summed E-state index contributed by atoms with van der Waals surface area (Å²) in [6.45, 7) is 5.12. The van der Waals surface area contributed by atoms with Crippen molar-refractivity contribution in [3.63, 3.8) is 0 Å². The minimum absolute atomic E-state index is 0.0363. The standard InChI is InChI=1S/C14H27N3O/c1-5-11-13(18)17(12(6-2)15-11)10-14(16(3)4)8-7-9-14/h11-12,15H,5-10H2,1-4H3. The topological polar surface area (TPSA) is 35.6 Å². The van der Waals surface area contributed by atoms with Crippen molar-refractivity contribution in [2.45, 2.75) is 63.7 Å². The lowest BCUT2D eigenvalue weighted by atomic mass is 9.75. The van der Waals surface area contributed by atoms with Gasteiger partial charge in [-0.3, -0.25) is 10.1 Å². The molecule has 1 N–H and O–H groups in total. The molecule has 1 aliphatic carbocycles. The highest BCUT2D eigenvalue weighted by Gasteiger charge is 2.46. The largest absolute Gasteiger partial charge is 0.324 e. The first-order valence-corrected chi connectivity index (χ1v) is 7.28. The Morgan fingerprint density at radius 1 is 1.33 bits per heavy atom. The molecule has 2 fully saturated rings. The van der Waals surface area contributed by atoms with Crippen LogP contribution in [0.5, 0.6) is 0 Å². The van der Waals surface area contributed by atoms with Crippen molar-refractivity contribution in [1.29, 1.82) is 0 Å². The van der Waals surface area contributed by atoms with Gasteiger partial charge in [0.1, 0.15) is 0 Å². The van der Waals surface area contributed by atoms with Crippen LogP contribution in [0.25, 0.3) is 0 Å². The van der Waals surface area contributed by atoms with Crippen LogP contribution in [-0.4, -0.2) is 54.1 Å². The van der Waals surface area contributed by atoms with Crippen LogP contribution in [0.1, 0.15) is 46.0 Å². The maximum absolute atomic E-state index is 12.4. The minimum Gasteiger partial charge on any atom is -0.324 e. The van der Waals surface area contributed by atoms with Crippen LogP contribution >= 0.6 is 0 Å². The molecule has 2 unspecified atom stereocenters. The van der Waals surface area contributed by atoms with Crippen LogP contribution in [0.4, 0.5) is 0 Å². The molecule has 0 aromatic rings. The monoisotopic (exact) mass is 253 g/mol. The van der Waals surface area contributed by atoms with Crippen LogP contribution in [0.3, 0.4) is 0 Å². The number of likely N-dealkylation sites (N-methyl/N-ethyl adjacent to an activating group) is 1. The molecule has 1 aliphatic heterocycles. The molecule has 0 aromatic carbocycles. The zero-order chi connectivity index (χ0) is 13.3. The number of amides is 1. The van der Waals surface area contributed by atoms with Gasteiger partial charge in [-0.1, -0.05) is 13.8 Å². The van der Waals surface area contributed by atoms with Crippen LogP contribution in [0.2, 0.25) is 0 Å². The Bertz CT molecular complexity index is 312. The maximum Gasteiger partial charge on any atom is 0.241 e. The number of hydrogen-bond acceptors (Lipinski definition) is 3. The number of nitrogens with one attached hydrogen (secondary N) is 1. The van der Waals surface area contributed by atoms with E-state index in [4.69, 9.17) is 0 Å². The predicted molar refractivity (Wildman–Crippen MR) is 73.3 cm³/mol. The maximum atomic E-state index is 12.4. The summed E-state index contributed by atoms with van der Waals surface area (Å²) in [6, 6.07) is 0.0363. The summed E-state index contributed by atoms with van der Waals surface area (Å²) >= 11 is 0. The summed E-state index contributed by atoms with van der Waals surface area (Å²) in [4.78, 5) is 16.8. The Hall–Kier alpha value is -0.610. The summed E-state index contributed by atoms with van der Waals surface area (Å²) in [6.07, 6.45) is 5.85. The smallest absolute Gasteiger partial charge is 0.241 e. The SMILES string of the molecule is CCC1NC(CC)N(CC2(N(C)C)CCC2)C1=O. The first-order valence-electron chi connectivity index (χ1n) is 7.28. The highest BCUT2D eigenvalue weighted by molar-refractivity contribution is 5.84. The van der Waals surface area contributed by atoms with E-state index >= 15 is 0 Å². The molecule has 1 heterocycles. The summed E-state index contributed by atoms with van der Waals surface area (Å²) in [5.74, 6) is 0.303. The van der Waals surface area contributed by atoms with Crippen LogP contribution in [-0.2, 0) is 4.79 Å². The molecule has 4 heteroatoms. The van der Waals surface area contributed by atoms with Crippen LogP contribution < -0.4 is 5.32 Å². The molecule has 1 amide bonds. The van der Waals surface area contributed by atoms with Crippen molar-refractivity contribution >= 4 is 5.91 Å². The quantitative estimate of drug-likeness (QED) is 0.805. The first-order chi connectivity index (χ1) is 8.54. The van der Waals surface area contributed by atoms with Gasteiger partial charge in [0, 0.05) is 12.1 Å². The van der Waals surface area contributed by atoms with Crippen molar-refractivity contribution in [3.8, 4) is 0 Å². The lowest BCUT2D eigenvalue weighted by Gasteiger charge is -2.49. The lowest BCUT2D eigenvalue weighted by molar-refractivity contribution is -0.133. The second-order valence-electron chi connectivity index (χ2n) is 5.99. The molecule has 104 valence electrons. The van der Waals surface area contributed by atoms with Crippen molar-refractivity contribution < 1.29 is 4.79 Å². The van der Waals surface area contributed by atoms with Gasteiger partial charge in [-0.25, -0.2) is 0 Å². The Balaban J connectivity index is 2.09. The van der Waals surface area contributed by atoms with Crippen molar-refractivity contribution in [3.05, 3.63) is 0 Å². The van der Waals surface area contributed by atoms with E-state index < -0.39 is 0 Å². The van der Waals surface area contributed by atoms with Gasteiger partial charge in [-0.15, -0.1) is 0 Å². The molecule has 18 heavy (non-hydrogen) atoms. The van der Waals surface area contributed by atoms with E-state index in [0.29, 0.717) is 5.91 Å². The van der Waals surface area contributed by atoms with Gasteiger partial charge < -0.3 is 9.80 Å². The molecule has 2 aliphatic rings. The van der Waals surface area contributed by atoms with Crippen molar-refractivity contribution in [2.75, 3.05) is 20.6 Å². The molecule has 0 aromatic heterocycles. The zero-order valence-electron chi connectivity index (χ0n) is 12.2. The number of rotatable bonds is 5. The molecule has 1 saturated carbocycles. The Kier molecular flexibility index (Phi) is 3.97. The van der Waals surface area contributed by atoms with Gasteiger partial charge in [-0.2, -0.15) is 0 Å². The van der Waals surface area contributed by atoms with E-state index in [0.717, 1.165) is 19.4 Å².